The molecule has 1 aliphatic rings. The minimum absolute atomic E-state index is 0.0432. The van der Waals surface area contributed by atoms with E-state index >= 15 is 0 Å². The van der Waals surface area contributed by atoms with Gasteiger partial charge in [0.2, 0.25) is 5.91 Å². The van der Waals surface area contributed by atoms with Gasteiger partial charge in [-0.3, -0.25) is 4.79 Å². The molecule has 1 amide bonds. The summed E-state index contributed by atoms with van der Waals surface area (Å²) in [7, 11) is 0. The minimum Gasteiger partial charge on any atom is -0.476 e. The zero-order valence-electron chi connectivity index (χ0n) is 11.7. The highest BCUT2D eigenvalue weighted by Crippen LogP contribution is 2.22. The molecule has 2 rings (SSSR count). The molecule has 21 heavy (non-hydrogen) atoms. The molecule has 1 fully saturated rings. The number of carboxylic acid groups (broad SMARTS) is 1. The van der Waals surface area contributed by atoms with Crippen molar-refractivity contribution in [2.75, 3.05) is 6.54 Å². The molecule has 0 bridgehead atoms. The van der Waals surface area contributed by atoms with Gasteiger partial charge in [-0.05, 0) is 12.8 Å². The largest absolute Gasteiger partial charge is 0.476 e. The van der Waals surface area contributed by atoms with Crippen LogP contribution in [0.3, 0.4) is 0 Å². The molecule has 1 aromatic heterocycles. The lowest BCUT2D eigenvalue weighted by Crippen LogP contribution is -2.43. The number of amides is 1. The van der Waals surface area contributed by atoms with Crippen LogP contribution < -0.4 is 0 Å². The number of carbonyl (C=O) groups excluding carboxylic acids is 1. The number of aromatic nitrogens is 3. The molecular weight excluding hydrogens is 272 g/mol. The summed E-state index contributed by atoms with van der Waals surface area (Å²) in [6.07, 6.45) is 11.9. The Bertz CT molecular complexity index is 555. The molecule has 1 N–H and O–H groups in total. The third-order valence-electron chi connectivity index (χ3n) is 3.65. The first-order valence-electron chi connectivity index (χ1n) is 6.98. The average Bonchev–Trinajstić information content (AvgIpc) is 2.94. The zero-order valence-corrected chi connectivity index (χ0v) is 11.7. The van der Waals surface area contributed by atoms with Crippen LogP contribution in [0.25, 0.3) is 0 Å². The number of aromatic carboxylic acids is 1. The molecule has 0 spiro atoms. The topological polar surface area (TPSA) is 88.3 Å². The summed E-state index contributed by atoms with van der Waals surface area (Å²) in [6.45, 7) is 0.225. The van der Waals surface area contributed by atoms with Gasteiger partial charge in [-0.2, -0.15) is 0 Å². The first-order valence-corrected chi connectivity index (χ1v) is 6.98. The summed E-state index contributed by atoms with van der Waals surface area (Å²) < 4.78 is 1.23. The van der Waals surface area contributed by atoms with Gasteiger partial charge in [0.15, 0.2) is 5.69 Å². The molecule has 7 heteroatoms. The molecule has 0 aromatic carbocycles. The second-order valence-electron chi connectivity index (χ2n) is 5.12. The Morgan fingerprint density at radius 2 is 2.14 bits per heavy atom. The number of carboxylic acids is 1. The quantitative estimate of drug-likeness (QED) is 0.809. The van der Waals surface area contributed by atoms with E-state index in [4.69, 9.17) is 11.5 Å². The predicted octanol–water partition coefficient (Wildman–Crippen LogP) is 0.771. The molecule has 0 saturated heterocycles. The Labute approximate surface area is 122 Å². The van der Waals surface area contributed by atoms with E-state index in [0.29, 0.717) is 0 Å². The van der Waals surface area contributed by atoms with E-state index in [9.17, 15) is 9.59 Å². The van der Waals surface area contributed by atoms with E-state index in [1.165, 1.54) is 17.3 Å². The van der Waals surface area contributed by atoms with Crippen molar-refractivity contribution in [3.8, 4) is 12.3 Å². The summed E-state index contributed by atoms with van der Waals surface area (Å²) in [5.74, 6) is 1.20. The van der Waals surface area contributed by atoms with Crippen molar-refractivity contribution >= 4 is 11.9 Å². The number of carbonyl (C=O) groups is 2. The molecular formula is C14H18N4O3. The Morgan fingerprint density at radius 3 is 2.71 bits per heavy atom. The molecule has 1 heterocycles. The first-order chi connectivity index (χ1) is 10.1. The van der Waals surface area contributed by atoms with Crippen LogP contribution in [-0.2, 0) is 11.3 Å². The summed E-state index contributed by atoms with van der Waals surface area (Å²) >= 11 is 0. The molecule has 0 radical (unpaired) electrons. The summed E-state index contributed by atoms with van der Waals surface area (Å²) in [5, 5.41) is 15.9. The SMILES string of the molecule is C#CCN(C(=O)Cn1cc(C(=O)O)nn1)C1CCCCC1. The van der Waals surface area contributed by atoms with Gasteiger partial charge in [-0.1, -0.05) is 30.4 Å². The van der Waals surface area contributed by atoms with Gasteiger partial charge in [0.25, 0.3) is 0 Å². The molecule has 7 nitrogen and oxygen atoms in total. The van der Waals surface area contributed by atoms with Crippen LogP contribution in [0.15, 0.2) is 6.20 Å². The van der Waals surface area contributed by atoms with Crippen LogP contribution in [0.1, 0.15) is 42.6 Å². The normalized spacial score (nSPS) is 15.4. The lowest BCUT2D eigenvalue weighted by atomic mass is 9.94. The van der Waals surface area contributed by atoms with E-state index in [0.717, 1.165) is 25.7 Å². The number of terminal acetylenes is 1. The molecule has 0 unspecified atom stereocenters. The van der Waals surface area contributed by atoms with E-state index in [2.05, 4.69) is 16.2 Å². The van der Waals surface area contributed by atoms with Gasteiger partial charge in [-0.15, -0.1) is 11.5 Å². The van der Waals surface area contributed by atoms with Crippen LogP contribution in [0.5, 0.6) is 0 Å². The zero-order chi connectivity index (χ0) is 15.2. The number of rotatable bonds is 5. The highest BCUT2D eigenvalue weighted by atomic mass is 16.4. The van der Waals surface area contributed by atoms with Crippen molar-refractivity contribution in [2.24, 2.45) is 0 Å². The molecule has 1 aromatic rings. The van der Waals surface area contributed by atoms with Gasteiger partial charge in [-0.25, -0.2) is 9.48 Å². The predicted molar refractivity (Wildman–Crippen MR) is 74.4 cm³/mol. The van der Waals surface area contributed by atoms with Crippen molar-refractivity contribution in [3.05, 3.63) is 11.9 Å². The van der Waals surface area contributed by atoms with Gasteiger partial charge >= 0.3 is 5.97 Å². The highest BCUT2D eigenvalue weighted by molar-refractivity contribution is 5.84. The Hall–Kier alpha value is -2.36. The van der Waals surface area contributed by atoms with Crippen LogP contribution in [0.2, 0.25) is 0 Å². The smallest absolute Gasteiger partial charge is 0.358 e. The van der Waals surface area contributed by atoms with Crippen molar-refractivity contribution < 1.29 is 14.7 Å². The number of nitrogens with zero attached hydrogens (tertiary/aromatic N) is 4. The van der Waals surface area contributed by atoms with Crippen molar-refractivity contribution in [1.29, 1.82) is 0 Å². The number of hydrogen-bond donors (Lipinski definition) is 1. The Morgan fingerprint density at radius 1 is 1.43 bits per heavy atom. The molecule has 1 aliphatic carbocycles. The van der Waals surface area contributed by atoms with Crippen LogP contribution in [0, 0.1) is 12.3 Å². The van der Waals surface area contributed by atoms with E-state index in [1.807, 2.05) is 0 Å². The van der Waals surface area contributed by atoms with Gasteiger partial charge in [0.1, 0.15) is 6.54 Å². The second kappa shape index (κ2) is 6.88. The van der Waals surface area contributed by atoms with Crippen molar-refractivity contribution in [3.63, 3.8) is 0 Å². The molecule has 112 valence electrons. The summed E-state index contributed by atoms with van der Waals surface area (Å²) in [4.78, 5) is 24.8. The van der Waals surface area contributed by atoms with Crippen molar-refractivity contribution in [2.45, 2.75) is 44.7 Å². The summed E-state index contributed by atoms with van der Waals surface area (Å²) in [5.41, 5.74) is -0.177. The second-order valence-corrected chi connectivity index (χ2v) is 5.12. The average molecular weight is 290 g/mol. The Kier molecular flexibility index (Phi) is 4.93. The monoisotopic (exact) mass is 290 g/mol. The van der Waals surface area contributed by atoms with Crippen LogP contribution >= 0.6 is 0 Å². The lowest BCUT2D eigenvalue weighted by Gasteiger charge is -2.33. The highest BCUT2D eigenvalue weighted by Gasteiger charge is 2.25. The first kappa shape index (κ1) is 15.0. The van der Waals surface area contributed by atoms with Gasteiger partial charge in [0.05, 0.1) is 12.7 Å². The Balaban J connectivity index is 2.03. The van der Waals surface area contributed by atoms with Gasteiger partial charge in [0, 0.05) is 6.04 Å². The maximum absolute atomic E-state index is 12.4. The van der Waals surface area contributed by atoms with E-state index in [1.54, 1.807) is 4.90 Å². The molecule has 0 atom stereocenters. The maximum Gasteiger partial charge on any atom is 0.358 e. The fraction of sp³-hybridized carbons (Fsp3) is 0.571. The summed E-state index contributed by atoms with van der Waals surface area (Å²) in [6, 6.07) is 0.171. The third-order valence-corrected chi connectivity index (χ3v) is 3.65. The van der Waals surface area contributed by atoms with Crippen LogP contribution in [0.4, 0.5) is 0 Å². The van der Waals surface area contributed by atoms with E-state index in [-0.39, 0.29) is 30.7 Å². The molecule has 1 saturated carbocycles. The number of hydrogen-bond acceptors (Lipinski definition) is 4. The third kappa shape index (κ3) is 3.81. The van der Waals surface area contributed by atoms with Crippen LogP contribution in [-0.4, -0.2) is 49.5 Å². The maximum atomic E-state index is 12.4. The standard InChI is InChI=1S/C14H18N4O3/c1-2-8-18(11-6-4-3-5-7-11)13(19)10-17-9-12(14(20)21)15-16-17/h1,9,11H,3-8,10H2,(H,20,21). The van der Waals surface area contributed by atoms with Gasteiger partial charge < -0.3 is 10.0 Å². The lowest BCUT2D eigenvalue weighted by molar-refractivity contribution is -0.134. The van der Waals surface area contributed by atoms with Crippen molar-refractivity contribution in [1.82, 2.24) is 19.9 Å². The minimum atomic E-state index is -1.17. The fourth-order valence-corrected chi connectivity index (χ4v) is 2.62. The molecule has 0 aliphatic heterocycles. The fourth-order valence-electron chi connectivity index (χ4n) is 2.62. The van der Waals surface area contributed by atoms with E-state index < -0.39 is 5.97 Å².